The molecule has 0 saturated heterocycles. The molecule has 0 atom stereocenters. The summed E-state index contributed by atoms with van der Waals surface area (Å²) in [5, 5.41) is 11.1. The van der Waals surface area contributed by atoms with Gasteiger partial charge in [0, 0.05) is 37.8 Å². The van der Waals surface area contributed by atoms with Crippen LogP contribution in [0.15, 0.2) is 30.5 Å². The van der Waals surface area contributed by atoms with E-state index in [0.29, 0.717) is 16.7 Å². The number of benzene rings is 1. The lowest BCUT2D eigenvalue weighted by atomic mass is 10.0. The molecule has 3 aromatic heterocycles. The van der Waals surface area contributed by atoms with Crippen LogP contribution in [0.1, 0.15) is 36.7 Å². The Morgan fingerprint density at radius 1 is 1.12 bits per heavy atom. The van der Waals surface area contributed by atoms with E-state index >= 15 is 4.39 Å². The number of hydrogen-bond acceptors (Lipinski definition) is 6. The van der Waals surface area contributed by atoms with Crippen LogP contribution in [0.4, 0.5) is 20.5 Å². The summed E-state index contributed by atoms with van der Waals surface area (Å²) in [6.07, 6.45) is 1.87. The summed E-state index contributed by atoms with van der Waals surface area (Å²) in [6.45, 7) is 5.60. The van der Waals surface area contributed by atoms with Crippen LogP contribution in [0.25, 0.3) is 22.2 Å². The Labute approximate surface area is 183 Å². The normalized spacial score (nSPS) is 13.6. The van der Waals surface area contributed by atoms with Gasteiger partial charge in [-0.25, -0.2) is 23.7 Å². The first kappa shape index (κ1) is 20.4. The first-order chi connectivity index (χ1) is 15.4. The molecule has 164 valence electrons. The Morgan fingerprint density at radius 3 is 2.78 bits per heavy atom. The molecule has 5 rings (SSSR count). The lowest BCUT2D eigenvalue weighted by Gasteiger charge is -2.17. The minimum atomic E-state index is -0.701. The zero-order valence-electron chi connectivity index (χ0n) is 18.1. The molecule has 1 aliphatic heterocycles. The number of nitrogens with zero attached hydrogens (tertiary/aromatic N) is 5. The van der Waals surface area contributed by atoms with E-state index < -0.39 is 11.6 Å². The standard InChI is InChI=1S/C23H23F2N7/c1-12(2)22-19-17(31-32(22)3)6-5-14(20(19)25)21-15(24)11-27-23(30-21)29-18-7-4-13-10-26-9-8-16(13)28-18/h4-7,11-12,26H,8-10H2,1-3H3,(H,27,28,29,30). The Bertz CT molecular complexity index is 1330. The number of nitrogens with one attached hydrogen (secondary N) is 2. The predicted molar refractivity (Wildman–Crippen MR) is 119 cm³/mol. The van der Waals surface area contributed by atoms with Gasteiger partial charge in [-0.3, -0.25) is 4.68 Å². The van der Waals surface area contributed by atoms with E-state index in [1.54, 1.807) is 17.8 Å². The van der Waals surface area contributed by atoms with E-state index in [2.05, 4.69) is 30.7 Å². The van der Waals surface area contributed by atoms with Gasteiger partial charge in [0.25, 0.3) is 0 Å². The van der Waals surface area contributed by atoms with Gasteiger partial charge < -0.3 is 10.6 Å². The third-order valence-electron chi connectivity index (χ3n) is 5.69. The largest absolute Gasteiger partial charge is 0.312 e. The van der Waals surface area contributed by atoms with E-state index in [9.17, 15) is 4.39 Å². The molecule has 2 N–H and O–H groups in total. The summed E-state index contributed by atoms with van der Waals surface area (Å²) in [7, 11) is 1.78. The third kappa shape index (κ3) is 3.48. The van der Waals surface area contributed by atoms with Crippen LogP contribution in [-0.4, -0.2) is 31.3 Å². The van der Waals surface area contributed by atoms with Crippen molar-refractivity contribution < 1.29 is 8.78 Å². The molecule has 0 unspecified atom stereocenters. The highest BCUT2D eigenvalue weighted by molar-refractivity contribution is 5.88. The molecule has 0 fully saturated rings. The smallest absolute Gasteiger partial charge is 0.229 e. The molecular weight excluding hydrogens is 412 g/mol. The van der Waals surface area contributed by atoms with Gasteiger partial charge in [-0.15, -0.1) is 0 Å². The quantitative estimate of drug-likeness (QED) is 0.500. The fourth-order valence-electron chi connectivity index (χ4n) is 4.25. The SMILES string of the molecule is CC(C)c1c2c(F)c(-c3nc(Nc4ccc5c(n4)CCNC5)ncc3F)ccc2nn1C. The number of hydrogen-bond donors (Lipinski definition) is 2. The highest BCUT2D eigenvalue weighted by Crippen LogP contribution is 2.34. The summed E-state index contributed by atoms with van der Waals surface area (Å²) in [5.74, 6) is -0.478. The van der Waals surface area contributed by atoms with Crippen LogP contribution < -0.4 is 10.6 Å². The van der Waals surface area contributed by atoms with Gasteiger partial charge in [0.05, 0.1) is 22.8 Å². The number of aryl methyl sites for hydroxylation is 1. The topological polar surface area (TPSA) is 80.6 Å². The van der Waals surface area contributed by atoms with Gasteiger partial charge in [0.2, 0.25) is 5.95 Å². The number of rotatable bonds is 4. The minimum Gasteiger partial charge on any atom is -0.312 e. The second kappa shape index (κ2) is 7.90. The molecule has 32 heavy (non-hydrogen) atoms. The van der Waals surface area contributed by atoms with E-state index in [1.165, 1.54) is 6.07 Å². The number of fused-ring (bicyclic) bond motifs is 2. The van der Waals surface area contributed by atoms with E-state index in [4.69, 9.17) is 0 Å². The summed E-state index contributed by atoms with van der Waals surface area (Å²) >= 11 is 0. The number of aromatic nitrogens is 5. The van der Waals surface area contributed by atoms with Crippen LogP contribution in [0.2, 0.25) is 0 Å². The molecule has 1 aromatic carbocycles. The maximum Gasteiger partial charge on any atom is 0.229 e. The van der Waals surface area contributed by atoms with Crippen molar-refractivity contribution >= 4 is 22.7 Å². The van der Waals surface area contributed by atoms with Gasteiger partial charge in [0.1, 0.15) is 17.3 Å². The Balaban J connectivity index is 1.55. The monoisotopic (exact) mass is 435 g/mol. The lowest BCUT2D eigenvalue weighted by Crippen LogP contribution is -2.24. The molecule has 9 heteroatoms. The first-order valence-electron chi connectivity index (χ1n) is 10.6. The number of halogens is 2. The molecule has 0 amide bonds. The fourth-order valence-corrected chi connectivity index (χ4v) is 4.25. The van der Waals surface area contributed by atoms with Gasteiger partial charge in [-0.2, -0.15) is 5.10 Å². The molecule has 0 aliphatic carbocycles. The summed E-state index contributed by atoms with van der Waals surface area (Å²) < 4.78 is 32.0. The van der Waals surface area contributed by atoms with Crippen LogP contribution in [0.5, 0.6) is 0 Å². The minimum absolute atomic E-state index is 0.0486. The summed E-state index contributed by atoms with van der Waals surface area (Å²) in [5.41, 5.74) is 3.39. The molecule has 7 nitrogen and oxygen atoms in total. The van der Waals surface area contributed by atoms with Gasteiger partial charge in [-0.1, -0.05) is 19.9 Å². The average molecular weight is 435 g/mol. The average Bonchev–Trinajstić information content (AvgIpc) is 3.12. The highest BCUT2D eigenvalue weighted by Gasteiger charge is 2.22. The third-order valence-corrected chi connectivity index (χ3v) is 5.69. The molecule has 4 heterocycles. The molecule has 4 aromatic rings. The van der Waals surface area contributed by atoms with Crippen LogP contribution in [0.3, 0.4) is 0 Å². The van der Waals surface area contributed by atoms with Crippen molar-refractivity contribution in [2.24, 2.45) is 7.05 Å². The van der Waals surface area contributed by atoms with Crippen molar-refractivity contribution in [3.63, 3.8) is 0 Å². The van der Waals surface area contributed by atoms with Crippen molar-refractivity contribution in [1.82, 2.24) is 30.0 Å². The van der Waals surface area contributed by atoms with Gasteiger partial charge in [0.15, 0.2) is 5.82 Å². The van der Waals surface area contributed by atoms with Crippen molar-refractivity contribution in [3.8, 4) is 11.3 Å². The number of pyridine rings is 1. The molecule has 1 aliphatic rings. The highest BCUT2D eigenvalue weighted by atomic mass is 19.1. The second-order valence-corrected chi connectivity index (χ2v) is 8.23. The molecule has 0 spiro atoms. The van der Waals surface area contributed by atoms with Crippen LogP contribution in [0, 0.1) is 11.6 Å². The zero-order chi connectivity index (χ0) is 22.4. The van der Waals surface area contributed by atoms with Crippen LogP contribution in [-0.2, 0) is 20.0 Å². The zero-order valence-corrected chi connectivity index (χ0v) is 18.1. The van der Waals surface area contributed by atoms with Gasteiger partial charge in [-0.05, 0) is 29.7 Å². The fraction of sp³-hybridized carbons (Fsp3) is 0.304. The maximum absolute atomic E-state index is 15.6. The van der Waals surface area contributed by atoms with Crippen LogP contribution >= 0.6 is 0 Å². The van der Waals surface area contributed by atoms with Crippen molar-refractivity contribution in [2.45, 2.75) is 32.7 Å². The van der Waals surface area contributed by atoms with Crippen molar-refractivity contribution in [3.05, 3.63) is 59.0 Å². The molecule has 0 radical (unpaired) electrons. The second-order valence-electron chi connectivity index (χ2n) is 8.23. The number of anilines is 2. The Kier molecular flexibility index (Phi) is 5.05. The van der Waals surface area contributed by atoms with Crippen molar-refractivity contribution in [1.29, 1.82) is 0 Å². The summed E-state index contributed by atoms with van der Waals surface area (Å²) in [6, 6.07) is 7.02. The Morgan fingerprint density at radius 2 is 1.97 bits per heavy atom. The predicted octanol–water partition coefficient (Wildman–Crippen LogP) is 4.22. The van der Waals surface area contributed by atoms with Gasteiger partial charge >= 0.3 is 0 Å². The Hall–Kier alpha value is -3.46. The van der Waals surface area contributed by atoms with E-state index in [1.807, 2.05) is 26.0 Å². The molecular formula is C23H23F2N7. The summed E-state index contributed by atoms with van der Waals surface area (Å²) in [4.78, 5) is 12.9. The van der Waals surface area contributed by atoms with E-state index in [-0.39, 0.29) is 23.1 Å². The van der Waals surface area contributed by atoms with E-state index in [0.717, 1.165) is 42.7 Å². The maximum atomic E-state index is 15.6. The molecule has 0 saturated carbocycles. The molecule has 0 bridgehead atoms. The van der Waals surface area contributed by atoms with Crippen molar-refractivity contribution in [2.75, 3.05) is 11.9 Å². The lowest BCUT2D eigenvalue weighted by molar-refractivity contribution is 0.609. The first-order valence-corrected chi connectivity index (χ1v) is 10.6.